The van der Waals surface area contributed by atoms with E-state index < -0.39 is 9.84 Å². The van der Waals surface area contributed by atoms with Crippen LogP contribution in [0.2, 0.25) is 0 Å². The van der Waals surface area contributed by atoms with Gasteiger partial charge in [-0.15, -0.1) is 11.8 Å². The molecule has 0 bridgehead atoms. The van der Waals surface area contributed by atoms with Crippen molar-refractivity contribution < 1.29 is 13.2 Å². The summed E-state index contributed by atoms with van der Waals surface area (Å²) in [7, 11) is -3.23. The predicted molar refractivity (Wildman–Crippen MR) is 113 cm³/mol. The summed E-state index contributed by atoms with van der Waals surface area (Å²) >= 11 is 3.08. The summed E-state index contributed by atoms with van der Waals surface area (Å²) in [4.78, 5) is 17.7. The highest BCUT2D eigenvalue weighted by Crippen LogP contribution is 2.29. The highest BCUT2D eigenvalue weighted by atomic mass is 32.2. The summed E-state index contributed by atoms with van der Waals surface area (Å²) in [5.74, 6) is -0.216. The molecule has 1 aromatic heterocycles. The summed E-state index contributed by atoms with van der Waals surface area (Å²) in [6.45, 7) is 0. The van der Waals surface area contributed by atoms with Crippen LogP contribution in [0.15, 0.2) is 53.4 Å². The van der Waals surface area contributed by atoms with Crippen molar-refractivity contribution in [1.29, 1.82) is 0 Å². The summed E-state index contributed by atoms with van der Waals surface area (Å²) in [5, 5.41) is 3.31. The van der Waals surface area contributed by atoms with Crippen LogP contribution < -0.4 is 5.32 Å². The topological polar surface area (TPSA) is 76.1 Å². The van der Waals surface area contributed by atoms with Gasteiger partial charge in [0.2, 0.25) is 5.91 Å². The quantitative estimate of drug-likeness (QED) is 0.548. The molecular weight excluding hydrogens is 400 g/mol. The third-order valence-corrected chi connectivity index (χ3v) is 7.27. The summed E-state index contributed by atoms with van der Waals surface area (Å²) in [6, 6.07) is 15.0. The lowest BCUT2D eigenvalue weighted by Gasteiger charge is -2.05. The Labute approximate surface area is 167 Å². The van der Waals surface area contributed by atoms with Crippen LogP contribution in [0.5, 0.6) is 0 Å². The molecule has 2 aromatic carbocycles. The van der Waals surface area contributed by atoms with E-state index in [1.807, 2.05) is 42.7 Å². The van der Waals surface area contributed by atoms with Crippen molar-refractivity contribution in [1.82, 2.24) is 4.98 Å². The maximum Gasteiger partial charge on any atom is 0.226 e. The molecule has 0 saturated carbocycles. The third kappa shape index (κ3) is 5.79. The van der Waals surface area contributed by atoms with Gasteiger partial charge in [-0.25, -0.2) is 13.4 Å². The Kier molecular flexibility index (Phi) is 6.51. The minimum Gasteiger partial charge on any atom is -0.302 e. The molecule has 0 spiro atoms. The summed E-state index contributed by atoms with van der Waals surface area (Å²) < 4.78 is 25.4. The van der Waals surface area contributed by atoms with Gasteiger partial charge in [0.15, 0.2) is 15.0 Å². The predicted octanol–water partition coefficient (Wildman–Crippen LogP) is 4.35. The zero-order chi connectivity index (χ0) is 19.3. The van der Waals surface area contributed by atoms with E-state index in [0.29, 0.717) is 11.6 Å². The van der Waals surface area contributed by atoms with E-state index in [4.69, 9.17) is 0 Å². The van der Waals surface area contributed by atoms with Gasteiger partial charge < -0.3 is 5.32 Å². The van der Waals surface area contributed by atoms with Crippen molar-refractivity contribution >= 4 is 54.2 Å². The molecule has 0 unspecified atom stereocenters. The molecule has 0 radical (unpaired) electrons. The maximum absolute atomic E-state index is 12.2. The number of thioether (sulfide) groups is 1. The largest absolute Gasteiger partial charge is 0.302 e. The lowest BCUT2D eigenvalue weighted by atomic mass is 10.2. The van der Waals surface area contributed by atoms with Crippen LogP contribution in [-0.2, 0) is 20.4 Å². The van der Waals surface area contributed by atoms with Gasteiger partial charge in [-0.3, -0.25) is 4.79 Å². The molecule has 0 aliphatic heterocycles. The van der Waals surface area contributed by atoms with Crippen molar-refractivity contribution in [2.75, 3.05) is 17.3 Å². The van der Waals surface area contributed by atoms with E-state index in [1.54, 1.807) is 23.9 Å². The normalized spacial score (nSPS) is 11.6. The van der Waals surface area contributed by atoms with E-state index in [2.05, 4.69) is 10.3 Å². The molecule has 0 aliphatic carbocycles. The lowest BCUT2D eigenvalue weighted by molar-refractivity contribution is -0.116. The number of anilines is 1. The molecule has 3 rings (SSSR count). The van der Waals surface area contributed by atoms with E-state index in [9.17, 15) is 13.2 Å². The van der Waals surface area contributed by atoms with Gasteiger partial charge in [-0.05, 0) is 36.4 Å². The molecule has 8 heteroatoms. The van der Waals surface area contributed by atoms with Gasteiger partial charge in [0.1, 0.15) is 0 Å². The number of carbonyl (C=O) groups excluding carboxylic acids is 1. The first-order valence-corrected chi connectivity index (χ1v) is 12.3. The van der Waals surface area contributed by atoms with Gasteiger partial charge in [-0.1, -0.05) is 41.7 Å². The maximum atomic E-state index is 12.2. The molecule has 1 heterocycles. The molecule has 5 nitrogen and oxygen atoms in total. The van der Waals surface area contributed by atoms with Crippen molar-refractivity contribution in [2.24, 2.45) is 0 Å². The number of rotatable bonds is 8. The standard InChI is InChI=1S/C19H20N2O3S3/c1-25-15-9-10-16-17(12-15)26-19(20-16)21-18(22)8-5-11-27(23,24)13-14-6-3-2-4-7-14/h2-4,6-7,9-10,12H,5,8,11,13H2,1H3,(H,20,21,22). The number of thiazole rings is 1. The second-order valence-corrected chi connectivity index (χ2v) is 10.2. The van der Waals surface area contributed by atoms with E-state index in [1.165, 1.54) is 11.3 Å². The highest BCUT2D eigenvalue weighted by molar-refractivity contribution is 7.98. The fourth-order valence-corrected chi connectivity index (χ4v) is 5.48. The van der Waals surface area contributed by atoms with Crippen molar-refractivity contribution in [3.63, 3.8) is 0 Å². The molecular formula is C19H20N2O3S3. The first-order chi connectivity index (χ1) is 12.9. The molecule has 0 fully saturated rings. The van der Waals surface area contributed by atoms with Crippen LogP contribution in [0.1, 0.15) is 18.4 Å². The number of fused-ring (bicyclic) bond motifs is 1. The SMILES string of the molecule is CSc1ccc2nc(NC(=O)CCCS(=O)(=O)Cc3ccccc3)sc2c1. The molecule has 0 atom stereocenters. The second kappa shape index (κ2) is 8.86. The summed E-state index contributed by atoms with van der Waals surface area (Å²) in [6.07, 6.45) is 2.46. The fourth-order valence-electron chi connectivity index (χ4n) is 2.62. The molecule has 27 heavy (non-hydrogen) atoms. The highest BCUT2D eigenvalue weighted by Gasteiger charge is 2.14. The number of sulfone groups is 1. The van der Waals surface area contributed by atoms with Gasteiger partial charge in [0.05, 0.1) is 21.7 Å². The minimum absolute atomic E-state index is 0.00506. The van der Waals surface area contributed by atoms with Crippen LogP contribution in [0.4, 0.5) is 5.13 Å². The number of benzene rings is 2. The Balaban J connectivity index is 1.51. The molecule has 0 saturated heterocycles. The van der Waals surface area contributed by atoms with E-state index in [0.717, 1.165) is 20.7 Å². The number of aromatic nitrogens is 1. The minimum atomic E-state index is -3.23. The Morgan fingerprint density at radius 3 is 2.70 bits per heavy atom. The number of hydrogen-bond donors (Lipinski definition) is 1. The third-order valence-electron chi connectivity index (χ3n) is 3.93. The average molecular weight is 421 g/mol. The number of amides is 1. The molecule has 3 aromatic rings. The van der Waals surface area contributed by atoms with Crippen LogP contribution >= 0.6 is 23.1 Å². The van der Waals surface area contributed by atoms with Gasteiger partial charge >= 0.3 is 0 Å². The van der Waals surface area contributed by atoms with Gasteiger partial charge in [0, 0.05) is 11.3 Å². The Morgan fingerprint density at radius 2 is 1.96 bits per heavy atom. The number of nitrogens with one attached hydrogen (secondary N) is 1. The fraction of sp³-hybridized carbons (Fsp3) is 0.263. The molecule has 0 aliphatic rings. The van der Waals surface area contributed by atoms with Crippen molar-refractivity contribution in [3.8, 4) is 0 Å². The zero-order valence-electron chi connectivity index (χ0n) is 14.8. The molecule has 142 valence electrons. The second-order valence-electron chi connectivity index (χ2n) is 6.08. The summed E-state index contributed by atoms with van der Waals surface area (Å²) in [5.41, 5.74) is 1.61. The smallest absolute Gasteiger partial charge is 0.226 e. The molecule has 1 N–H and O–H groups in total. The zero-order valence-corrected chi connectivity index (χ0v) is 17.3. The first-order valence-electron chi connectivity index (χ1n) is 8.44. The van der Waals surface area contributed by atoms with Crippen LogP contribution in [0, 0.1) is 0 Å². The number of carbonyl (C=O) groups is 1. The number of nitrogens with zero attached hydrogens (tertiary/aromatic N) is 1. The van der Waals surface area contributed by atoms with Crippen molar-refractivity contribution in [2.45, 2.75) is 23.5 Å². The first kappa shape index (κ1) is 19.9. The molecule has 1 amide bonds. The number of hydrogen-bond acceptors (Lipinski definition) is 6. The monoisotopic (exact) mass is 420 g/mol. The lowest BCUT2D eigenvalue weighted by Crippen LogP contribution is -2.15. The van der Waals surface area contributed by atoms with Gasteiger partial charge in [-0.2, -0.15) is 0 Å². The van der Waals surface area contributed by atoms with Crippen LogP contribution in [0.25, 0.3) is 10.2 Å². The Morgan fingerprint density at radius 1 is 1.19 bits per heavy atom. The average Bonchev–Trinajstić information content (AvgIpc) is 3.03. The van der Waals surface area contributed by atoms with Crippen molar-refractivity contribution in [3.05, 3.63) is 54.1 Å². The Bertz CT molecular complexity index is 1030. The Hall–Kier alpha value is -1.90. The van der Waals surface area contributed by atoms with Crippen LogP contribution in [-0.4, -0.2) is 31.3 Å². The van der Waals surface area contributed by atoms with E-state index >= 15 is 0 Å². The van der Waals surface area contributed by atoms with Crippen LogP contribution in [0.3, 0.4) is 0 Å². The van der Waals surface area contributed by atoms with E-state index in [-0.39, 0.29) is 23.8 Å². The van der Waals surface area contributed by atoms with Gasteiger partial charge in [0.25, 0.3) is 0 Å².